The molecule has 1 aliphatic heterocycles. The highest BCUT2D eigenvalue weighted by molar-refractivity contribution is 6.22. The van der Waals surface area contributed by atoms with Crippen molar-refractivity contribution in [2.45, 2.75) is 12.8 Å². The fraction of sp³-hybridized carbons (Fsp3) is 0.167. The van der Waals surface area contributed by atoms with Crippen LogP contribution < -0.4 is 5.32 Å². The highest BCUT2D eigenvalue weighted by Gasteiger charge is 2.32. The Labute approximate surface area is 86.8 Å². The maximum Gasteiger partial charge on any atom is 0.224 e. The molecule has 74 valence electrons. The lowest BCUT2D eigenvalue weighted by molar-refractivity contribution is -0.120. The SMILES string of the molecule is O=C1CCC2=C(N1)c1ccccc1C2=O. The molecule has 1 heterocycles. The van der Waals surface area contributed by atoms with Gasteiger partial charge in [-0.15, -0.1) is 0 Å². The molecule has 2 aliphatic rings. The number of ketones is 1. The van der Waals surface area contributed by atoms with Gasteiger partial charge in [0.25, 0.3) is 0 Å². The van der Waals surface area contributed by atoms with Gasteiger partial charge < -0.3 is 5.32 Å². The summed E-state index contributed by atoms with van der Waals surface area (Å²) < 4.78 is 0. The normalized spacial score (nSPS) is 18.7. The van der Waals surface area contributed by atoms with Gasteiger partial charge in [-0.2, -0.15) is 0 Å². The number of fused-ring (bicyclic) bond motifs is 2. The van der Waals surface area contributed by atoms with Crippen molar-refractivity contribution in [1.82, 2.24) is 5.32 Å². The molecule has 1 aromatic rings. The summed E-state index contributed by atoms with van der Waals surface area (Å²) in [5.41, 5.74) is 3.07. The molecule has 0 atom stereocenters. The Bertz CT molecular complexity index is 514. The molecule has 0 unspecified atom stereocenters. The minimum Gasteiger partial charge on any atom is -0.325 e. The zero-order valence-corrected chi connectivity index (χ0v) is 8.04. The van der Waals surface area contributed by atoms with Gasteiger partial charge in [0.1, 0.15) is 0 Å². The van der Waals surface area contributed by atoms with Gasteiger partial charge in [0.05, 0.1) is 5.70 Å². The Morgan fingerprint density at radius 2 is 1.73 bits per heavy atom. The van der Waals surface area contributed by atoms with E-state index in [0.717, 1.165) is 16.8 Å². The van der Waals surface area contributed by atoms with Crippen LogP contribution in [-0.4, -0.2) is 11.7 Å². The van der Waals surface area contributed by atoms with Crippen LogP contribution in [0.2, 0.25) is 0 Å². The van der Waals surface area contributed by atoms with Crippen LogP contribution in [0.3, 0.4) is 0 Å². The maximum absolute atomic E-state index is 11.9. The van der Waals surface area contributed by atoms with Gasteiger partial charge in [0, 0.05) is 23.1 Å². The number of hydrogen-bond acceptors (Lipinski definition) is 2. The van der Waals surface area contributed by atoms with Crippen molar-refractivity contribution in [1.29, 1.82) is 0 Å². The van der Waals surface area contributed by atoms with E-state index in [0.29, 0.717) is 18.4 Å². The van der Waals surface area contributed by atoms with Crippen LogP contribution in [-0.2, 0) is 4.79 Å². The topological polar surface area (TPSA) is 46.2 Å². The van der Waals surface area contributed by atoms with Crippen molar-refractivity contribution in [3.05, 3.63) is 41.0 Å². The lowest BCUT2D eigenvalue weighted by Crippen LogP contribution is -2.26. The molecule has 0 fully saturated rings. The van der Waals surface area contributed by atoms with Crippen LogP contribution in [0.4, 0.5) is 0 Å². The monoisotopic (exact) mass is 199 g/mol. The third-order valence-electron chi connectivity index (χ3n) is 2.88. The van der Waals surface area contributed by atoms with Gasteiger partial charge in [-0.25, -0.2) is 0 Å². The minimum absolute atomic E-state index is 0.00162. The summed E-state index contributed by atoms with van der Waals surface area (Å²) in [5, 5.41) is 2.78. The molecule has 0 bridgehead atoms. The van der Waals surface area contributed by atoms with Crippen molar-refractivity contribution in [3.63, 3.8) is 0 Å². The van der Waals surface area contributed by atoms with Gasteiger partial charge in [0.2, 0.25) is 5.91 Å². The molecular formula is C12H9NO2. The first-order chi connectivity index (χ1) is 7.27. The highest BCUT2D eigenvalue weighted by Crippen LogP contribution is 2.35. The number of hydrogen-bond donors (Lipinski definition) is 1. The van der Waals surface area contributed by atoms with Crippen LogP contribution >= 0.6 is 0 Å². The number of Topliss-reactive ketones (excluding diaryl/α,β-unsaturated/α-hetero) is 1. The van der Waals surface area contributed by atoms with E-state index in [-0.39, 0.29) is 11.7 Å². The number of allylic oxidation sites excluding steroid dienone is 1. The maximum atomic E-state index is 11.9. The van der Waals surface area contributed by atoms with Crippen molar-refractivity contribution >= 4 is 17.4 Å². The first kappa shape index (κ1) is 8.41. The Morgan fingerprint density at radius 1 is 1.00 bits per heavy atom. The molecule has 3 nitrogen and oxygen atoms in total. The summed E-state index contributed by atoms with van der Waals surface area (Å²) in [6, 6.07) is 7.41. The van der Waals surface area contributed by atoms with E-state index in [1.165, 1.54) is 0 Å². The van der Waals surface area contributed by atoms with Gasteiger partial charge in [-0.3, -0.25) is 9.59 Å². The number of carbonyl (C=O) groups excluding carboxylic acids is 2. The Hall–Kier alpha value is -1.90. The number of benzene rings is 1. The lowest BCUT2D eigenvalue weighted by atomic mass is 10.0. The number of carbonyl (C=O) groups is 2. The van der Waals surface area contributed by atoms with E-state index in [1.807, 2.05) is 24.3 Å². The van der Waals surface area contributed by atoms with Crippen molar-refractivity contribution < 1.29 is 9.59 Å². The number of rotatable bonds is 0. The molecule has 3 heteroatoms. The first-order valence-electron chi connectivity index (χ1n) is 4.94. The quantitative estimate of drug-likeness (QED) is 0.688. The molecule has 1 amide bonds. The van der Waals surface area contributed by atoms with E-state index >= 15 is 0 Å². The lowest BCUT2D eigenvalue weighted by Gasteiger charge is -2.14. The summed E-state index contributed by atoms with van der Waals surface area (Å²) in [4.78, 5) is 23.2. The molecule has 3 rings (SSSR count). The van der Waals surface area contributed by atoms with Crippen LogP contribution in [0.25, 0.3) is 5.70 Å². The van der Waals surface area contributed by atoms with Crippen LogP contribution in [0, 0.1) is 0 Å². The van der Waals surface area contributed by atoms with Crippen LogP contribution in [0.5, 0.6) is 0 Å². The second-order valence-electron chi connectivity index (χ2n) is 3.78. The van der Waals surface area contributed by atoms with E-state index in [9.17, 15) is 9.59 Å². The zero-order chi connectivity index (χ0) is 10.4. The largest absolute Gasteiger partial charge is 0.325 e. The second-order valence-corrected chi connectivity index (χ2v) is 3.78. The predicted octanol–water partition coefficient (Wildman–Crippen LogP) is 1.50. The molecule has 1 aliphatic carbocycles. The second kappa shape index (κ2) is 2.79. The fourth-order valence-electron chi connectivity index (χ4n) is 2.16. The molecule has 0 saturated heterocycles. The summed E-state index contributed by atoms with van der Waals surface area (Å²) in [7, 11) is 0. The molecule has 15 heavy (non-hydrogen) atoms. The molecular weight excluding hydrogens is 190 g/mol. The smallest absolute Gasteiger partial charge is 0.224 e. The van der Waals surface area contributed by atoms with E-state index < -0.39 is 0 Å². The summed E-state index contributed by atoms with van der Waals surface area (Å²) in [6.07, 6.45) is 0.979. The summed E-state index contributed by atoms with van der Waals surface area (Å²) >= 11 is 0. The average molecular weight is 199 g/mol. The van der Waals surface area contributed by atoms with Crippen molar-refractivity contribution in [2.24, 2.45) is 0 Å². The molecule has 1 aromatic carbocycles. The van der Waals surface area contributed by atoms with E-state index in [1.54, 1.807) is 0 Å². The third-order valence-corrected chi connectivity index (χ3v) is 2.88. The summed E-state index contributed by atoms with van der Waals surface area (Å²) in [5.74, 6) is 0.0684. The number of nitrogens with one attached hydrogen (secondary N) is 1. The first-order valence-corrected chi connectivity index (χ1v) is 4.94. The standard InChI is InChI=1S/C12H9NO2/c14-10-6-5-9-11(13-10)7-3-1-2-4-8(7)12(9)15/h1-4H,5-6H2,(H,13,14). The van der Waals surface area contributed by atoms with Crippen LogP contribution in [0.15, 0.2) is 29.8 Å². The summed E-state index contributed by atoms with van der Waals surface area (Å²) in [6.45, 7) is 0. The van der Waals surface area contributed by atoms with E-state index in [4.69, 9.17) is 0 Å². The molecule has 1 N–H and O–H groups in total. The van der Waals surface area contributed by atoms with Crippen LogP contribution in [0.1, 0.15) is 28.8 Å². The predicted molar refractivity (Wildman–Crippen MR) is 55.1 cm³/mol. The van der Waals surface area contributed by atoms with Crippen molar-refractivity contribution in [3.8, 4) is 0 Å². The fourth-order valence-corrected chi connectivity index (χ4v) is 2.16. The van der Waals surface area contributed by atoms with Gasteiger partial charge in [0.15, 0.2) is 5.78 Å². The highest BCUT2D eigenvalue weighted by atomic mass is 16.2. The van der Waals surface area contributed by atoms with Crippen molar-refractivity contribution in [2.75, 3.05) is 0 Å². The van der Waals surface area contributed by atoms with Gasteiger partial charge in [-0.1, -0.05) is 24.3 Å². The Kier molecular flexibility index (Phi) is 1.57. The van der Waals surface area contributed by atoms with Gasteiger partial charge >= 0.3 is 0 Å². The average Bonchev–Trinajstić information content (AvgIpc) is 2.54. The minimum atomic E-state index is -0.00162. The van der Waals surface area contributed by atoms with E-state index in [2.05, 4.69) is 5.32 Å². The molecule has 0 radical (unpaired) electrons. The molecule has 0 saturated carbocycles. The number of amides is 1. The molecule has 0 spiro atoms. The Balaban J connectivity index is 2.21. The Morgan fingerprint density at radius 3 is 2.53 bits per heavy atom. The molecule has 0 aromatic heterocycles. The zero-order valence-electron chi connectivity index (χ0n) is 8.04. The van der Waals surface area contributed by atoms with Gasteiger partial charge in [-0.05, 0) is 6.42 Å². The third kappa shape index (κ3) is 1.06.